The molecule has 0 aromatic heterocycles. The molecule has 0 fully saturated rings. The van der Waals surface area contributed by atoms with Crippen molar-refractivity contribution in [3.8, 4) is 46.0 Å². The van der Waals surface area contributed by atoms with Gasteiger partial charge in [0.1, 0.15) is 34.5 Å². The van der Waals surface area contributed by atoms with Crippen molar-refractivity contribution in [2.24, 2.45) is 0 Å². The lowest BCUT2D eigenvalue weighted by molar-refractivity contribution is 0.464. The van der Waals surface area contributed by atoms with Crippen LogP contribution in [0.3, 0.4) is 0 Å². The van der Waals surface area contributed by atoms with Crippen LogP contribution in [0.25, 0.3) is 0 Å². The summed E-state index contributed by atoms with van der Waals surface area (Å²) in [5, 5.41) is 78.2. The lowest BCUT2D eigenvalue weighted by Crippen LogP contribution is -2.19. The van der Waals surface area contributed by atoms with E-state index in [1.807, 2.05) is 114 Å². The highest BCUT2D eigenvalue weighted by atomic mass is 79.9. The Hall–Kier alpha value is -4.76. The average molecular weight is 1420 g/mol. The number of phenolic OH excluding ortho intramolecular Hbond substituents is 8. The maximum atomic E-state index is 9.96. The van der Waals surface area contributed by atoms with Crippen LogP contribution in [0.15, 0.2) is 139 Å². The van der Waals surface area contributed by atoms with Gasteiger partial charge in [-0.3, -0.25) is 0 Å². The SMILES string of the molecule is CC(C)(c1cc(Br)c(O)c(Br)c1)c1cc(Br)c(O)c(Br)c1.CC(C)(c1cc(Cl)c(O)c(Cl)c1)c1cc(Cl)c(O)c(Cl)c1.CC(C)(c1ccc(O)cc1)c1ccc(O)cc1.Cc1cc(C(C)(C)c2cc(C)c(O)c(C)c2)cc(C)c1O. The Labute approximate surface area is 523 Å². The third-order valence-electron chi connectivity index (χ3n) is 14.6. The normalized spacial score (nSPS) is 11.7. The van der Waals surface area contributed by atoms with Crippen LogP contribution in [0.4, 0.5) is 0 Å². The summed E-state index contributed by atoms with van der Waals surface area (Å²) in [6, 6.07) is 36.7. The molecular weight excluding hydrogens is 1360 g/mol. The number of rotatable bonds is 8. The first-order valence-electron chi connectivity index (χ1n) is 24.9. The Bertz CT molecular complexity index is 2910. The van der Waals surface area contributed by atoms with Crippen molar-refractivity contribution in [3.63, 3.8) is 0 Å². The second-order valence-corrected chi connectivity index (χ2v) is 26.7. The number of halogens is 8. The fourth-order valence-corrected chi connectivity index (χ4v) is 12.1. The molecule has 0 amide bonds. The quantitative estimate of drug-likeness (QED) is 0.0746. The molecule has 0 bridgehead atoms. The summed E-state index contributed by atoms with van der Waals surface area (Å²) < 4.78 is 2.54. The Balaban J connectivity index is 0.000000197. The molecular formula is C64H64Br4Cl4O8. The molecule has 0 unspecified atom stereocenters. The van der Waals surface area contributed by atoms with E-state index in [1.54, 1.807) is 48.5 Å². The molecule has 16 heteroatoms. The molecule has 0 spiro atoms. The van der Waals surface area contributed by atoms with E-state index in [4.69, 9.17) is 46.4 Å². The highest BCUT2D eigenvalue weighted by Gasteiger charge is 2.30. The van der Waals surface area contributed by atoms with Gasteiger partial charge in [-0.15, -0.1) is 0 Å². The Kier molecular flexibility index (Phi) is 21.6. The Morgan fingerprint density at radius 1 is 0.263 bits per heavy atom. The van der Waals surface area contributed by atoms with Gasteiger partial charge in [-0.25, -0.2) is 0 Å². The Morgan fingerprint density at radius 3 is 0.675 bits per heavy atom. The molecule has 8 rings (SSSR count). The van der Waals surface area contributed by atoms with Gasteiger partial charge < -0.3 is 40.9 Å². The summed E-state index contributed by atoms with van der Waals surface area (Å²) in [7, 11) is 0. The van der Waals surface area contributed by atoms with Gasteiger partial charge in [0.25, 0.3) is 0 Å². The minimum atomic E-state index is -0.526. The van der Waals surface area contributed by atoms with Gasteiger partial charge >= 0.3 is 0 Å². The molecule has 0 atom stereocenters. The highest BCUT2D eigenvalue weighted by Crippen LogP contribution is 2.46. The molecule has 8 N–H and O–H groups in total. The fourth-order valence-electron chi connectivity index (χ4n) is 8.76. The van der Waals surface area contributed by atoms with Crippen molar-refractivity contribution < 1.29 is 40.9 Å². The summed E-state index contributed by atoms with van der Waals surface area (Å²) in [6.07, 6.45) is 0. The third-order valence-corrected chi connectivity index (χ3v) is 18.1. The predicted molar refractivity (Wildman–Crippen MR) is 343 cm³/mol. The number of phenols is 8. The van der Waals surface area contributed by atoms with Crippen molar-refractivity contribution in [3.05, 3.63) is 226 Å². The molecule has 0 saturated heterocycles. The second kappa shape index (κ2) is 26.2. The van der Waals surface area contributed by atoms with E-state index in [-0.39, 0.29) is 70.8 Å². The number of benzene rings is 8. The van der Waals surface area contributed by atoms with Gasteiger partial charge in [-0.05, 0) is 231 Å². The van der Waals surface area contributed by atoms with E-state index < -0.39 is 5.41 Å². The van der Waals surface area contributed by atoms with Gasteiger partial charge in [-0.2, -0.15) is 0 Å². The minimum absolute atomic E-state index is 0.151. The topological polar surface area (TPSA) is 162 Å². The van der Waals surface area contributed by atoms with Gasteiger partial charge in [0.2, 0.25) is 0 Å². The largest absolute Gasteiger partial charge is 0.508 e. The standard InChI is InChI=1S/C19H24O2.C15H12Br4O2.C15H12Cl4O2.C15H16O2/c1-11-7-15(8-12(2)17(11)20)19(5,6)16-9-13(3)18(21)14(4)10-16;2*1-15(2,7-3-9(16)13(20)10(17)4-7)8-5-11(18)14(21)12(19)6-8;1-15(2,11-3-7-13(16)8-4-11)12-5-9-14(17)10-6-12/h7-10,20-21H,1-6H3;2*3-6,20-21H,1-2H3;3-10,16-17H,1-2H3. The van der Waals surface area contributed by atoms with Crippen LogP contribution in [-0.2, 0) is 21.7 Å². The van der Waals surface area contributed by atoms with E-state index >= 15 is 0 Å². The molecule has 0 saturated carbocycles. The monoisotopic (exact) mass is 1420 g/mol. The lowest BCUT2D eigenvalue weighted by Gasteiger charge is -2.28. The molecule has 0 aliphatic carbocycles. The summed E-state index contributed by atoms with van der Waals surface area (Å²) >= 11 is 37.4. The van der Waals surface area contributed by atoms with E-state index in [0.717, 1.165) is 55.6 Å². The zero-order valence-corrected chi connectivity index (χ0v) is 55.5. The number of aryl methyl sites for hydroxylation is 4. The first-order chi connectivity index (χ1) is 36.9. The van der Waals surface area contributed by atoms with Crippen molar-refractivity contribution in [1.82, 2.24) is 0 Å². The maximum absolute atomic E-state index is 9.96. The molecule has 0 aliphatic heterocycles. The summed E-state index contributed by atoms with van der Waals surface area (Å²) in [6.45, 7) is 24.3. The average Bonchev–Trinajstić information content (AvgIpc) is 3.38. The van der Waals surface area contributed by atoms with Crippen molar-refractivity contribution >= 4 is 110 Å². The highest BCUT2D eigenvalue weighted by molar-refractivity contribution is 9.11. The molecule has 424 valence electrons. The zero-order chi connectivity index (χ0) is 60.3. The molecule has 8 nitrogen and oxygen atoms in total. The van der Waals surface area contributed by atoms with E-state index in [9.17, 15) is 40.9 Å². The van der Waals surface area contributed by atoms with Crippen LogP contribution in [-0.4, -0.2) is 40.9 Å². The van der Waals surface area contributed by atoms with Gasteiger partial charge in [0, 0.05) is 21.7 Å². The zero-order valence-electron chi connectivity index (χ0n) is 46.1. The van der Waals surface area contributed by atoms with Crippen molar-refractivity contribution in [2.75, 3.05) is 0 Å². The fraction of sp³-hybridized carbons (Fsp3) is 0.250. The summed E-state index contributed by atoms with van der Waals surface area (Å²) in [5.41, 5.74) is 10.6. The van der Waals surface area contributed by atoms with Crippen molar-refractivity contribution in [1.29, 1.82) is 0 Å². The van der Waals surface area contributed by atoms with E-state index in [0.29, 0.717) is 29.4 Å². The second-order valence-electron chi connectivity index (χ2n) is 21.7. The number of hydrogen-bond acceptors (Lipinski definition) is 8. The lowest BCUT2D eigenvalue weighted by atomic mass is 9.76. The van der Waals surface area contributed by atoms with Crippen LogP contribution in [0, 0.1) is 27.7 Å². The molecule has 0 aliphatic rings. The first-order valence-corrected chi connectivity index (χ1v) is 29.6. The maximum Gasteiger partial charge on any atom is 0.152 e. The summed E-state index contributed by atoms with van der Waals surface area (Å²) in [5.74, 6) is 1.34. The van der Waals surface area contributed by atoms with Gasteiger partial charge in [-0.1, -0.05) is 150 Å². The van der Waals surface area contributed by atoms with Crippen molar-refractivity contribution in [2.45, 2.75) is 105 Å². The predicted octanol–water partition coefficient (Wildman–Crippen LogP) is 20.6. The minimum Gasteiger partial charge on any atom is -0.508 e. The number of hydrogen-bond donors (Lipinski definition) is 8. The van der Waals surface area contributed by atoms with Crippen LogP contribution in [0.2, 0.25) is 20.1 Å². The molecule has 80 heavy (non-hydrogen) atoms. The third kappa shape index (κ3) is 15.1. The van der Waals surface area contributed by atoms with Crippen LogP contribution in [0.1, 0.15) is 122 Å². The Morgan fingerprint density at radius 2 is 0.450 bits per heavy atom. The molecule has 0 heterocycles. The van der Waals surface area contributed by atoms with E-state index in [2.05, 4.69) is 105 Å². The van der Waals surface area contributed by atoms with E-state index in [1.165, 1.54) is 11.1 Å². The van der Waals surface area contributed by atoms with Gasteiger partial charge in [0.15, 0.2) is 11.5 Å². The van der Waals surface area contributed by atoms with Gasteiger partial charge in [0.05, 0.1) is 38.0 Å². The smallest absolute Gasteiger partial charge is 0.152 e. The molecule has 8 aromatic rings. The molecule has 8 aromatic carbocycles. The molecule has 0 radical (unpaired) electrons. The number of aromatic hydroxyl groups is 8. The van der Waals surface area contributed by atoms with Crippen LogP contribution >= 0.6 is 110 Å². The summed E-state index contributed by atoms with van der Waals surface area (Å²) in [4.78, 5) is 0. The first kappa shape index (κ1) is 66.0. The van der Waals surface area contributed by atoms with Crippen LogP contribution in [0.5, 0.6) is 46.0 Å². The van der Waals surface area contributed by atoms with Crippen LogP contribution < -0.4 is 0 Å².